The summed E-state index contributed by atoms with van der Waals surface area (Å²) in [5.41, 5.74) is 9.66. The van der Waals surface area contributed by atoms with E-state index in [4.69, 9.17) is 15.2 Å². The molecule has 0 fully saturated rings. The number of benzene rings is 2. The molecule has 1 aliphatic heterocycles. The highest BCUT2D eigenvalue weighted by Crippen LogP contribution is 2.47. The van der Waals surface area contributed by atoms with Gasteiger partial charge in [-0.1, -0.05) is 35.2 Å². The zero-order chi connectivity index (χ0) is 30.5. The van der Waals surface area contributed by atoms with Crippen molar-refractivity contribution in [2.45, 2.75) is 36.4 Å². The van der Waals surface area contributed by atoms with Gasteiger partial charge in [-0.15, -0.1) is 10.2 Å². The molecule has 3 N–H and O–H groups in total. The van der Waals surface area contributed by atoms with E-state index in [0.717, 1.165) is 5.75 Å². The zero-order valence-corrected chi connectivity index (χ0v) is 25.1. The topological polar surface area (TPSA) is 161 Å². The number of methoxy groups -OCH3 is 1. The molecular weight excluding hydrogens is 589 g/mol. The minimum atomic E-state index is -0.677. The van der Waals surface area contributed by atoms with Crippen molar-refractivity contribution < 1.29 is 23.9 Å². The Morgan fingerprint density at radius 2 is 1.91 bits per heavy atom. The number of nitrogens with zero attached hydrogens (tertiary/aromatic N) is 4. The zero-order valence-electron chi connectivity index (χ0n) is 23.5. The molecule has 43 heavy (non-hydrogen) atoms. The molecule has 2 aliphatic rings. The Hall–Kier alpha value is -4.67. The second-order valence-electron chi connectivity index (χ2n) is 9.57. The molecule has 1 aromatic heterocycles. The number of carbonyl (C=O) groups excluding carboxylic acids is 3. The Bertz CT molecular complexity index is 1660. The summed E-state index contributed by atoms with van der Waals surface area (Å²) >= 11 is 2.45. The number of aromatic nitrogens is 2. The van der Waals surface area contributed by atoms with Gasteiger partial charge in [0.15, 0.2) is 10.1 Å². The number of ether oxygens (including phenoxy) is 2. The lowest BCUT2D eigenvalue weighted by Crippen LogP contribution is -2.38. The third kappa shape index (κ3) is 6.25. The molecule has 0 saturated heterocycles. The number of hydrogen-bond acceptors (Lipinski definition) is 12. The number of ketones is 1. The molecule has 0 bridgehead atoms. The van der Waals surface area contributed by atoms with E-state index in [1.165, 1.54) is 30.2 Å². The van der Waals surface area contributed by atoms with Gasteiger partial charge in [-0.05, 0) is 61.7 Å². The number of nitrogens with one attached hydrogen (secondary N) is 1. The first kappa shape index (κ1) is 29.8. The summed E-state index contributed by atoms with van der Waals surface area (Å²) in [5.74, 6) is -0.445. The van der Waals surface area contributed by atoms with E-state index in [2.05, 4.69) is 21.6 Å². The summed E-state index contributed by atoms with van der Waals surface area (Å²) in [6.45, 7) is 2.46. The van der Waals surface area contributed by atoms with Crippen molar-refractivity contribution in [3.8, 4) is 11.8 Å². The monoisotopic (exact) mass is 616 g/mol. The smallest absolute Gasteiger partial charge is 0.337 e. The standard InChI is InChI=1S/C30H28N6O5S2/c1-3-41-20-13-11-19(12-14-20)33-24(38)16-42-30-35-34-29(43-30)36-22-5-4-6-23(37)26(22)25(21(15-31)27(36)32)17-7-9-18(10-8-17)28(39)40-2/h7-14,25H,3-6,16,32H2,1-2H3,(H,33,38). The van der Waals surface area contributed by atoms with E-state index in [0.29, 0.717) is 63.4 Å². The van der Waals surface area contributed by atoms with Crippen molar-refractivity contribution in [1.29, 1.82) is 5.26 Å². The number of Topliss-reactive ketones (excluding diaryl/α,β-unsaturated/α-hetero) is 1. The van der Waals surface area contributed by atoms with Crippen LogP contribution in [0.5, 0.6) is 5.75 Å². The van der Waals surface area contributed by atoms with Gasteiger partial charge < -0.3 is 20.5 Å². The van der Waals surface area contributed by atoms with Gasteiger partial charge in [-0.3, -0.25) is 14.5 Å². The van der Waals surface area contributed by atoms with Crippen molar-refractivity contribution in [2.75, 3.05) is 29.7 Å². The number of nitriles is 1. The summed E-state index contributed by atoms with van der Waals surface area (Å²) in [6, 6.07) is 16.0. The van der Waals surface area contributed by atoms with Crippen LogP contribution in [0.15, 0.2) is 75.5 Å². The molecule has 5 rings (SSSR count). The van der Waals surface area contributed by atoms with E-state index >= 15 is 0 Å². The van der Waals surface area contributed by atoms with Gasteiger partial charge in [0, 0.05) is 23.4 Å². The van der Waals surface area contributed by atoms with E-state index in [1.54, 1.807) is 53.4 Å². The van der Waals surface area contributed by atoms with Gasteiger partial charge in [0.1, 0.15) is 11.6 Å². The maximum Gasteiger partial charge on any atom is 0.337 e. The van der Waals surface area contributed by atoms with Crippen molar-refractivity contribution in [1.82, 2.24) is 10.2 Å². The number of nitrogens with two attached hydrogens (primary N) is 1. The summed E-state index contributed by atoms with van der Waals surface area (Å²) in [5, 5.41) is 22.0. The van der Waals surface area contributed by atoms with Crippen molar-refractivity contribution in [3.63, 3.8) is 0 Å². The minimum absolute atomic E-state index is 0.0707. The predicted octanol–water partition coefficient (Wildman–Crippen LogP) is 4.76. The molecule has 11 nitrogen and oxygen atoms in total. The lowest BCUT2D eigenvalue weighted by Gasteiger charge is -2.38. The predicted molar refractivity (Wildman–Crippen MR) is 163 cm³/mol. The van der Waals surface area contributed by atoms with Crippen LogP contribution in [0.3, 0.4) is 0 Å². The van der Waals surface area contributed by atoms with Gasteiger partial charge in [0.25, 0.3) is 0 Å². The third-order valence-corrected chi connectivity index (χ3v) is 8.98. The van der Waals surface area contributed by atoms with Gasteiger partial charge in [-0.25, -0.2) is 4.79 Å². The number of esters is 1. The second-order valence-corrected chi connectivity index (χ2v) is 11.8. The van der Waals surface area contributed by atoms with Crippen LogP contribution in [0.25, 0.3) is 0 Å². The Kier molecular flexibility index (Phi) is 9.08. The van der Waals surface area contributed by atoms with Crippen LogP contribution in [-0.4, -0.2) is 47.3 Å². The van der Waals surface area contributed by atoms with Crippen LogP contribution >= 0.6 is 23.1 Å². The Balaban J connectivity index is 1.37. The molecule has 0 saturated carbocycles. The Morgan fingerprint density at radius 1 is 1.16 bits per heavy atom. The molecule has 2 heterocycles. The van der Waals surface area contributed by atoms with Crippen LogP contribution in [0, 0.1) is 11.3 Å². The van der Waals surface area contributed by atoms with Gasteiger partial charge in [-0.2, -0.15) is 5.26 Å². The number of anilines is 2. The number of thioether (sulfide) groups is 1. The van der Waals surface area contributed by atoms with Crippen LogP contribution in [0.4, 0.5) is 10.8 Å². The number of rotatable bonds is 9. The number of hydrogen-bond donors (Lipinski definition) is 2. The first-order chi connectivity index (χ1) is 20.8. The highest BCUT2D eigenvalue weighted by molar-refractivity contribution is 8.01. The van der Waals surface area contributed by atoms with E-state index in [-0.39, 0.29) is 28.8 Å². The third-order valence-electron chi connectivity index (χ3n) is 6.94. The maximum atomic E-state index is 13.3. The first-order valence-corrected chi connectivity index (χ1v) is 15.3. The Morgan fingerprint density at radius 3 is 2.58 bits per heavy atom. The largest absolute Gasteiger partial charge is 0.494 e. The average molecular weight is 617 g/mol. The van der Waals surface area contributed by atoms with Crippen LogP contribution in [0.2, 0.25) is 0 Å². The van der Waals surface area contributed by atoms with E-state index in [1.807, 2.05) is 6.92 Å². The molecule has 1 aliphatic carbocycles. The van der Waals surface area contributed by atoms with Gasteiger partial charge in [0.2, 0.25) is 11.0 Å². The summed E-state index contributed by atoms with van der Waals surface area (Å²) in [6.07, 6.45) is 1.54. The lowest BCUT2D eigenvalue weighted by atomic mass is 9.75. The summed E-state index contributed by atoms with van der Waals surface area (Å²) in [7, 11) is 1.30. The molecule has 0 radical (unpaired) electrons. The Labute approximate surface area is 256 Å². The van der Waals surface area contributed by atoms with Gasteiger partial charge >= 0.3 is 5.97 Å². The van der Waals surface area contributed by atoms with Crippen LogP contribution in [0.1, 0.15) is 48.0 Å². The summed E-state index contributed by atoms with van der Waals surface area (Å²) in [4.78, 5) is 39.5. The summed E-state index contributed by atoms with van der Waals surface area (Å²) < 4.78 is 10.7. The molecule has 220 valence electrons. The van der Waals surface area contributed by atoms with E-state index in [9.17, 15) is 19.6 Å². The van der Waals surface area contributed by atoms with Crippen LogP contribution < -0.4 is 20.7 Å². The first-order valence-electron chi connectivity index (χ1n) is 13.5. The number of allylic oxidation sites excluding steroid dienone is 3. The van der Waals surface area contributed by atoms with Gasteiger partial charge in [0.05, 0.1) is 42.6 Å². The van der Waals surface area contributed by atoms with Crippen molar-refractivity contribution in [2.24, 2.45) is 5.73 Å². The van der Waals surface area contributed by atoms with Crippen LogP contribution in [-0.2, 0) is 14.3 Å². The SMILES string of the molecule is CCOc1ccc(NC(=O)CSc2nnc(N3C(N)=C(C#N)C(c4ccc(C(=O)OC)cc4)C4=C3CCCC4=O)s2)cc1. The second kappa shape index (κ2) is 13.1. The molecule has 1 atom stereocenters. The number of carbonyl (C=O) groups is 3. The molecule has 1 unspecified atom stereocenters. The molecule has 13 heteroatoms. The lowest BCUT2D eigenvalue weighted by molar-refractivity contribution is -0.116. The molecule has 1 amide bonds. The molecular formula is C30H28N6O5S2. The van der Waals surface area contributed by atoms with Crippen molar-refractivity contribution in [3.05, 3.63) is 82.3 Å². The number of amides is 1. The highest BCUT2D eigenvalue weighted by atomic mass is 32.2. The molecule has 2 aromatic carbocycles. The fourth-order valence-corrected chi connectivity index (χ4v) is 6.73. The van der Waals surface area contributed by atoms with E-state index < -0.39 is 11.9 Å². The quantitative estimate of drug-likeness (QED) is 0.252. The normalized spacial score (nSPS) is 16.4. The molecule has 0 spiro atoms. The maximum absolute atomic E-state index is 13.3. The van der Waals surface area contributed by atoms with Crippen molar-refractivity contribution >= 4 is 51.6 Å². The fraction of sp³-hybridized carbons (Fsp3) is 0.267. The molecule has 3 aromatic rings. The minimum Gasteiger partial charge on any atom is -0.494 e. The highest BCUT2D eigenvalue weighted by Gasteiger charge is 2.41. The fourth-order valence-electron chi connectivity index (χ4n) is 5.04. The average Bonchev–Trinajstić information content (AvgIpc) is 3.49.